The fraction of sp³-hybridized carbons (Fsp3) is 0.370. The molecule has 1 aliphatic heterocycles. The van der Waals surface area contributed by atoms with Crippen LogP contribution in [0.4, 0.5) is 11.6 Å². The highest BCUT2D eigenvalue weighted by atomic mass is 32.2. The van der Waals surface area contributed by atoms with Gasteiger partial charge in [-0.25, -0.2) is 4.68 Å². The molecule has 0 spiro atoms. The number of aryl methyl sites for hydroxylation is 1. The summed E-state index contributed by atoms with van der Waals surface area (Å²) in [5.74, 6) is 2.19. The molecule has 3 aromatic rings. The molecule has 1 aliphatic rings. The Morgan fingerprint density at radius 1 is 1.17 bits per heavy atom. The SMILES string of the molecule is CCCSc1nc2n(n1)C(c1ccc(OC(C)C)cc1)C(C(=O)Nc1cccc(C)c1C)=C(C)N2. The largest absolute Gasteiger partial charge is 0.491 e. The second-order valence-corrected chi connectivity index (χ2v) is 10.1. The lowest BCUT2D eigenvalue weighted by atomic mass is 9.94. The van der Waals surface area contributed by atoms with E-state index in [4.69, 9.17) is 9.84 Å². The van der Waals surface area contributed by atoms with Crippen molar-refractivity contribution in [1.29, 1.82) is 0 Å². The van der Waals surface area contributed by atoms with E-state index in [1.54, 1.807) is 11.8 Å². The molecule has 1 aromatic heterocycles. The van der Waals surface area contributed by atoms with Crippen LogP contribution in [0, 0.1) is 13.8 Å². The number of nitrogens with one attached hydrogen (secondary N) is 2. The van der Waals surface area contributed by atoms with Gasteiger partial charge >= 0.3 is 0 Å². The van der Waals surface area contributed by atoms with Gasteiger partial charge in [-0.2, -0.15) is 4.98 Å². The zero-order valence-corrected chi connectivity index (χ0v) is 22.0. The van der Waals surface area contributed by atoms with Crippen molar-refractivity contribution in [2.75, 3.05) is 16.4 Å². The van der Waals surface area contributed by atoms with Crippen LogP contribution in [-0.2, 0) is 4.79 Å². The maximum absolute atomic E-state index is 13.7. The Morgan fingerprint density at radius 2 is 1.91 bits per heavy atom. The van der Waals surface area contributed by atoms with Crippen LogP contribution >= 0.6 is 11.8 Å². The van der Waals surface area contributed by atoms with Gasteiger partial charge < -0.3 is 15.4 Å². The van der Waals surface area contributed by atoms with Crippen LogP contribution in [0.5, 0.6) is 5.75 Å². The van der Waals surface area contributed by atoms with Gasteiger partial charge in [-0.15, -0.1) is 5.10 Å². The molecule has 0 aliphatic carbocycles. The molecule has 4 rings (SSSR count). The van der Waals surface area contributed by atoms with Gasteiger partial charge in [0.1, 0.15) is 11.8 Å². The van der Waals surface area contributed by atoms with Crippen molar-refractivity contribution in [3.8, 4) is 5.75 Å². The minimum Gasteiger partial charge on any atom is -0.491 e. The van der Waals surface area contributed by atoms with E-state index in [2.05, 4.69) is 22.5 Å². The number of rotatable bonds is 8. The number of aromatic nitrogens is 3. The molecule has 184 valence electrons. The second-order valence-electron chi connectivity index (χ2n) is 9.01. The predicted molar refractivity (Wildman–Crippen MR) is 142 cm³/mol. The van der Waals surface area contributed by atoms with Crippen LogP contribution in [0.3, 0.4) is 0 Å². The molecular formula is C27H33N5O2S. The lowest BCUT2D eigenvalue weighted by Gasteiger charge is -2.29. The summed E-state index contributed by atoms with van der Waals surface area (Å²) in [5.41, 5.74) is 5.28. The number of amides is 1. The molecule has 2 N–H and O–H groups in total. The smallest absolute Gasteiger partial charge is 0.255 e. The van der Waals surface area contributed by atoms with Gasteiger partial charge in [0, 0.05) is 17.1 Å². The molecule has 2 heterocycles. The number of hydrogen-bond donors (Lipinski definition) is 2. The highest BCUT2D eigenvalue weighted by Gasteiger charge is 2.34. The Labute approximate surface area is 211 Å². The lowest BCUT2D eigenvalue weighted by Crippen LogP contribution is -2.31. The first kappa shape index (κ1) is 24.9. The van der Waals surface area contributed by atoms with Crippen molar-refractivity contribution in [3.05, 3.63) is 70.4 Å². The summed E-state index contributed by atoms with van der Waals surface area (Å²) >= 11 is 1.62. The maximum Gasteiger partial charge on any atom is 0.255 e. The monoisotopic (exact) mass is 491 g/mol. The number of thioether (sulfide) groups is 1. The van der Waals surface area contributed by atoms with Gasteiger partial charge in [-0.1, -0.05) is 43.0 Å². The number of fused-ring (bicyclic) bond motifs is 1. The number of hydrogen-bond acceptors (Lipinski definition) is 6. The van der Waals surface area contributed by atoms with Crippen molar-refractivity contribution in [3.63, 3.8) is 0 Å². The van der Waals surface area contributed by atoms with Crippen LogP contribution in [0.2, 0.25) is 0 Å². The van der Waals surface area contributed by atoms with E-state index in [9.17, 15) is 4.79 Å². The van der Waals surface area contributed by atoms with Crippen molar-refractivity contribution in [1.82, 2.24) is 14.8 Å². The summed E-state index contributed by atoms with van der Waals surface area (Å²) in [5, 5.41) is 11.9. The zero-order chi connectivity index (χ0) is 25.1. The summed E-state index contributed by atoms with van der Waals surface area (Å²) in [7, 11) is 0. The molecule has 1 amide bonds. The van der Waals surface area contributed by atoms with Crippen molar-refractivity contribution < 1.29 is 9.53 Å². The maximum atomic E-state index is 13.7. The fourth-order valence-corrected chi connectivity index (χ4v) is 4.75. The molecule has 1 atom stereocenters. The quantitative estimate of drug-likeness (QED) is 0.370. The summed E-state index contributed by atoms with van der Waals surface area (Å²) in [6, 6.07) is 13.4. The van der Waals surface area contributed by atoms with E-state index >= 15 is 0 Å². The van der Waals surface area contributed by atoms with E-state index < -0.39 is 6.04 Å². The van der Waals surface area contributed by atoms with Gasteiger partial charge in [-0.05, 0) is 75.9 Å². The molecular weight excluding hydrogens is 458 g/mol. The van der Waals surface area contributed by atoms with Crippen LogP contribution in [-0.4, -0.2) is 32.5 Å². The standard InChI is InChI=1S/C27H33N5O2S/c1-7-15-35-27-30-26-28-19(6)23(25(33)29-22-10-8-9-17(4)18(22)5)24(32(26)31-27)20-11-13-21(14-12-20)34-16(2)3/h8-14,16,24H,7,15H2,1-6H3,(H,29,33)(H,28,30,31). The summed E-state index contributed by atoms with van der Waals surface area (Å²) in [6.45, 7) is 12.1. The third-order valence-corrected chi connectivity index (χ3v) is 6.98. The van der Waals surface area contributed by atoms with Crippen LogP contribution in [0.15, 0.2) is 58.9 Å². The predicted octanol–water partition coefficient (Wildman–Crippen LogP) is 6.11. The Bertz CT molecular complexity index is 1250. The minimum absolute atomic E-state index is 0.0841. The van der Waals surface area contributed by atoms with Gasteiger partial charge in [0.05, 0.1) is 11.7 Å². The molecule has 0 radical (unpaired) electrons. The molecule has 7 nitrogen and oxygen atoms in total. The van der Waals surface area contributed by atoms with Gasteiger partial charge in [0.2, 0.25) is 11.1 Å². The van der Waals surface area contributed by atoms with Crippen LogP contribution in [0.25, 0.3) is 0 Å². The first-order chi connectivity index (χ1) is 16.8. The molecule has 35 heavy (non-hydrogen) atoms. The molecule has 8 heteroatoms. The van der Waals surface area contributed by atoms with Crippen molar-refractivity contribution in [2.24, 2.45) is 0 Å². The number of carbonyl (C=O) groups excluding carboxylic acids is 1. The topological polar surface area (TPSA) is 81.1 Å². The highest BCUT2D eigenvalue weighted by molar-refractivity contribution is 7.99. The number of ether oxygens (including phenoxy) is 1. The Morgan fingerprint density at radius 3 is 2.60 bits per heavy atom. The average molecular weight is 492 g/mol. The van der Waals surface area contributed by atoms with Gasteiger partial charge in [-0.3, -0.25) is 4.79 Å². The molecule has 2 aromatic carbocycles. The van der Waals surface area contributed by atoms with E-state index in [-0.39, 0.29) is 12.0 Å². The molecule has 0 fully saturated rings. The van der Waals surface area contributed by atoms with E-state index in [0.717, 1.165) is 46.0 Å². The van der Waals surface area contributed by atoms with Crippen molar-refractivity contribution in [2.45, 2.75) is 65.3 Å². The fourth-order valence-electron chi connectivity index (χ4n) is 4.07. The average Bonchev–Trinajstić information content (AvgIpc) is 3.22. The van der Waals surface area contributed by atoms with E-state index in [1.165, 1.54) is 0 Å². The Hall–Kier alpha value is -3.26. The first-order valence-electron chi connectivity index (χ1n) is 12.0. The molecule has 0 saturated carbocycles. The molecule has 0 bridgehead atoms. The minimum atomic E-state index is -0.423. The highest BCUT2D eigenvalue weighted by Crippen LogP contribution is 2.37. The van der Waals surface area contributed by atoms with Crippen LogP contribution in [0.1, 0.15) is 56.8 Å². The second kappa shape index (κ2) is 10.6. The Balaban J connectivity index is 1.75. The lowest BCUT2D eigenvalue weighted by molar-refractivity contribution is -0.113. The van der Waals surface area contributed by atoms with Gasteiger partial charge in [0.15, 0.2) is 0 Å². The number of benzene rings is 2. The summed E-state index contributed by atoms with van der Waals surface area (Å²) in [4.78, 5) is 18.4. The normalized spacial score (nSPS) is 15.1. The summed E-state index contributed by atoms with van der Waals surface area (Å²) < 4.78 is 7.65. The number of carbonyl (C=O) groups is 1. The third kappa shape index (κ3) is 5.37. The number of anilines is 2. The molecule has 1 unspecified atom stereocenters. The van der Waals surface area contributed by atoms with Crippen molar-refractivity contribution >= 4 is 29.3 Å². The first-order valence-corrected chi connectivity index (χ1v) is 13.0. The van der Waals surface area contributed by atoms with Crippen LogP contribution < -0.4 is 15.4 Å². The van der Waals surface area contributed by atoms with E-state index in [0.29, 0.717) is 16.7 Å². The number of allylic oxidation sites excluding steroid dienone is 1. The zero-order valence-electron chi connectivity index (χ0n) is 21.2. The van der Waals surface area contributed by atoms with Gasteiger partial charge in [0.25, 0.3) is 5.91 Å². The number of nitrogens with zero attached hydrogens (tertiary/aromatic N) is 3. The summed E-state index contributed by atoms with van der Waals surface area (Å²) in [6.07, 6.45) is 1.12. The Kier molecular flexibility index (Phi) is 7.50. The third-order valence-electron chi connectivity index (χ3n) is 5.93. The van der Waals surface area contributed by atoms with E-state index in [1.807, 2.05) is 81.8 Å². The molecule has 0 saturated heterocycles.